The van der Waals surface area contributed by atoms with Crippen LogP contribution in [0.25, 0.3) is 0 Å². The fourth-order valence-corrected chi connectivity index (χ4v) is 2.46. The Labute approximate surface area is 111 Å². The van der Waals surface area contributed by atoms with E-state index in [1.54, 1.807) is 18.2 Å². The van der Waals surface area contributed by atoms with Gasteiger partial charge in [-0.25, -0.2) is 0 Å². The number of nitriles is 1. The van der Waals surface area contributed by atoms with Gasteiger partial charge in [0.1, 0.15) is 6.07 Å². The minimum absolute atomic E-state index is 0.149. The van der Waals surface area contributed by atoms with E-state index in [4.69, 9.17) is 22.6 Å². The van der Waals surface area contributed by atoms with Gasteiger partial charge in [0.05, 0.1) is 17.2 Å². The summed E-state index contributed by atoms with van der Waals surface area (Å²) in [7, 11) is 0. The molecule has 94 valence electrons. The summed E-state index contributed by atoms with van der Waals surface area (Å²) >= 11 is 5.96. The Bertz CT molecular complexity index is 509. The Kier molecular flexibility index (Phi) is 3.73. The van der Waals surface area contributed by atoms with Crippen LogP contribution in [0, 0.1) is 17.2 Å². The van der Waals surface area contributed by atoms with Gasteiger partial charge < -0.3 is 10.6 Å². The van der Waals surface area contributed by atoms with E-state index < -0.39 is 0 Å². The highest BCUT2D eigenvalue weighted by Crippen LogP contribution is 2.28. The standard InChI is InChI=1S/C13H14ClN3O/c14-11-4-3-9(7-15)12(6-11)17-5-1-2-10(8-17)13(16)18/h3-4,6,10H,1-2,5,8H2,(H2,16,18). The van der Waals surface area contributed by atoms with Gasteiger partial charge in [0, 0.05) is 18.1 Å². The van der Waals surface area contributed by atoms with Crippen LogP contribution in [0.4, 0.5) is 5.69 Å². The van der Waals surface area contributed by atoms with Crippen molar-refractivity contribution in [3.63, 3.8) is 0 Å². The van der Waals surface area contributed by atoms with Gasteiger partial charge in [-0.15, -0.1) is 0 Å². The van der Waals surface area contributed by atoms with Crippen LogP contribution in [0.2, 0.25) is 5.02 Å². The Hall–Kier alpha value is -1.73. The normalized spacial score (nSPS) is 19.3. The molecule has 0 saturated carbocycles. The summed E-state index contributed by atoms with van der Waals surface area (Å²) in [5, 5.41) is 9.69. The number of rotatable bonds is 2. The Balaban J connectivity index is 2.28. The van der Waals surface area contributed by atoms with E-state index in [0.717, 1.165) is 25.1 Å². The maximum atomic E-state index is 11.3. The number of anilines is 1. The number of carbonyl (C=O) groups is 1. The van der Waals surface area contributed by atoms with E-state index in [1.165, 1.54) is 0 Å². The second-order valence-corrected chi connectivity index (χ2v) is 4.90. The number of piperidine rings is 1. The van der Waals surface area contributed by atoms with Gasteiger partial charge in [0.15, 0.2) is 0 Å². The van der Waals surface area contributed by atoms with Gasteiger partial charge in [0.2, 0.25) is 5.91 Å². The molecule has 0 bridgehead atoms. The van der Waals surface area contributed by atoms with Crippen molar-refractivity contribution in [2.75, 3.05) is 18.0 Å². The van der Waals surface area contributed by atoms with E-state index in [1.807, 2.05) is 4.90 Å². The number of nitrogens with two attached hydrogens (primary N) is 1. The highest BCUT2D eigenvalue weighted by Gasteiger charge is 2.25. The predicted molar refractivity (Wildman–Crippen MR) is 70.3 cm³/mol. The van der Waals surface area contributed by atoms with E-state index in [0.29, 0.717) is 17.1 Å². The molecule has 1 aromatic rings. The lowest BCUT2D eigenvalue weighted by Gasteiger charge is -2.33. The van der Waals surface area contributed by atoms with E-state index in [9.17, 15) is 4.79 Å². The maximum Gasteiger partial charge on any atom is 0.222 e. The molecule has 4 nitrogen and oxygen atoms in total. The second-order valence-electron chi connectivity index (χ2n) is 4.46. The molecule has 1 saturated heterocycles. The van der Waals surface area contributed by atoms with Crippen molar-refractivity contribution in [2.45, 2.75) is 12.8 Å². The summed E-state index contributed by atoms with van der Waals surface area (Å²) in [6.07, 6.45) is 1.71. The molecule has 1 atom stereocenters. The molecule has 1 heterocycles. The lowest BCUT2D eigenvalue weighted by Crippen LogP contribution is -2.41. The molecule has 1 amide bonds. The number of nitrogens with zero attached hydrogens (tertiary/aromatic N) is 2. The van der Waals surface area contributed by atoms with Gasteiger partial charge in [0.25, 0.3) is 0 Å². The number of benzene rings is 1. The third-order valence-electron chi connectivity index (χ3n) is 3.24. The molecule has 5 heteroatoms. The summed E-state index contributed by atoms with van der Waals surface area (Å²) in [6, 6.07) is 7.31. The van der Waals surface area contributed by atoms with Gasteiger partial charge in [-0.05, 0) is 31.0 Å². The van der Waals surface area contributed by atoms with Crippen molar-refractivity contribution in [2.24, 2.45) is 11.7 Å². The molecule has 1 aromatic carbocycles. The van der Waals surface area contributed by atoms with Crippen molar-refractivity contribution in [1.29, 1.82) is 5.26 Å². The minimum Gasteiger partial charge on any atom is -0.370 e. The summed E-state index contributed by atoms with van der Waals surface area (Å²) in [4.78, 5) is 13.3. The van der Waals surface area contributed by atoms with Crippen LogP contribution in [-0.2, 0) is 4.79 Å². The Morgan fingerprint density at radius 2 is 2.33 bits per heavy atom. The van der Waals surface area contributed by atoms with Crippen LogP contribution in [0.1, 0.15) is 18.4 Å². The van der Waals surface area contributed by atoms with Crippen molar-refractivity contribution in [3.8, 4) is 6.07 Å². The molecular formula is C13H14ClN3O. The maximum absolute atomic E-state index is 11.3. The van der Waals surface area contributed by atoms with E-state index in [-0.39, 0.29) is 11.8 Å². The minimum atomic E-state index is -0.278. The number of primary amides is 1. The summed E-state index contributed by atoms with van der Waals surface area (Å²) in [5.41, 5.74) is 6.71. The lowest BCUT2D eigenvalue weighted by molar-refractivity contribution is -0.122. The van der Waals surface area contributed by atoms with Crippen LogP contribution in [0.3, 0.4) is 0 Å². The van der Waals surface area contributed by atoms with Crippen LogP contribution >= 0.6 is 11.6 Å². The third-order valence-corrected chi connectivity index (χ3v) is 3.48. The lowest BCUT2D eigenvalue weighted by atomic mass is 9.96. The van der Waals surface area contributed by atoms with E-state index >= 15 is 0 Å². The molecule has 2 rings (SSSR count). The average molecular weight is 264 g/mol. The molecule has 18 heavy (non-hydrogen) atoms. The molecule has 0 radical (unpaired) electrons. The molecule has 2 N–H and O–H groups in total. The third kappa shape index (κ3) is 2.57. The molecule has 1 unspecified atom stereocenters. The highest BCUT2D eigenvalue weighted by molar-refractivity contribution is 6.30. The smallest absolute Gasteiger partial charge is 0.222 e. The SMILES string of the molecule is N#Cc1ccc(Cl)cc1N1CCCC(C(N)=O)C1. The number of hydrogen-bond acceptors (Lipinski definition) is 3. The fourth-order valence-electron chi connectivity index (χ4n) is 2.29. The second kappa shape index (κ2) is 5.28. The zero-order chi connectivity index (χ0) is 13.1. The van der Waals surface area contributed by atoms with E-state index in [2.05, 4.69) is 6.07 Å². The van der Waals surface area contributed by atoms with Crippen LogP contribution in [-0.4, -0.2) is 19.0 Å². The van der Waals surface area contributed by atoms with Crippen molar-refractivity contribution in [3.05, 3.63) is 28.8 Å². The van der Waals surface area contributed by atoms with Crippen molar-refractivity contribution >= 4 is 23.2 Å². The number of hydrogen-bond donors (Lipinski definition) is 1. The summed E-state index contributed by atoms with van der Waals surface area (Å²) in [6.45, 7) is 1.38. The average Bonchev–Trinajstić information content (AvgIpc) is 2.39. The topological polar surface area (TPSA) is 70.1 Å². The molecule has 1 fully saturated rings. The number of amides is 1. The Morgan fingerprint density at radius 1 is 1.56 bits per heavy atom. The molecular weight excluding hydrogens is 250 g/mol. The number of halogens is 1. The summed E-state index contributed by atoms with van der Waals surface area (Å²) < 4.78 is 0. The monoisotopic (exact) mass is 263 g/mol. The van der Waals surface area contributed by atoms with Crippen molar-refractivity contribution < 1.29 is 4.79 Å². The molecule has 1 aliphatic rings. The quantitative estimate of drug-likeness (QED) is 0.886. The van der Waals surface area contributed by atoms with Crippen LogP contribution < -0.4 is 10.6 Å². The number of carbonyl (C=O) groups excluding carboxylic acids is 1. The first-order chi connectivity index (χ1) is 8.61. The van der Waals surface area contributed by atoms with Crippen LogP contribution in [0.15, 0.2) is 18.2 Å². The molecule has 0 aliphatic carbocycles. The molecule has 1 aliphatic heterocycles. The van der Waals surface area contributed by atoms with Gasteiger partial charge in [-0.3, -0.25) is 4.79 Å². The summed E-state index contributed by atoms with van der Waals surface area (Å²) in [5.74, 6) is -0.426. The largest absolute Gasteiger partial charge is 0.370 e. The fraction of sp³-hybridized carbons (Fsp3) is 0.385. The highest BCUT2D eigenvalue weighted by atomic mass is 35.5. The predicted octanol–water partition coefficient (Wildman–Crippen LogP) is 1.91. The van der Waals surface area contributed by atoms with Gasteiger partial charge >= 0.3 is 0 Å². The van der Waals surface area contributed by atoms with Gasteiger partial charge in [-0.2, -0.15) is 5.26 Å². The zero-order valence-electron chi connectivity index (χ0n) is 9.90. The van der Waals surface area contributed by atoms with Crippen molar-refractivity contribution in [1.82, 2.24) is 0 Å². The van der Waals surface area contributed by atoms with Gasteiger partial charge in [-0.1, -0.05) is 11.6 Å². The Morgan fingerprint density at radius 3 is 3.00 bits per heavy atom. The van der Waals surface area contributed by atoms with Crippen LogP contribution in [0.5, 0.6) is 0 Å². The molecule has 0 aromatic heterocycles. The first-order valence-corrected chi connectivity index (χ1v) is 6.23. The zero-order valence-corrected chi connectivity index (χ0v) is 10.7. The first kappa shape index (κ1) is 12.7. The molecule has 0 spiro atoms. The first-order valence-electron chi connectivity index (χ1n) is 5.85.